The summed E-state index contributed by atoms with van der Waals surface area (Å²) in [6, 6.07) is -1.31. The number of nitrogens with two attached hydrogens (primary N) is 1. The van der Waals surface area contributed by atoms with Crippen molar-refractivity contribution in [2.45, 2.75) is 129 Å². The summed E-state index contributed by atoms with van der Waals surface area (Å²) in [6.45, 7) is 2.82. The zero-order valence-corrected chi connectivity index (χ0v) is 20.0. The van der Waals surface area contributed by atoms with Gasteiger partial charge in [-0.1, -0.05) is 96.8 Å². The molecule has 0 aromatic carbocycles. The lowest BCUT2D eigenvalue weighted by atomic mass is 10.0. The third kappa shape index (κ3) is 16.3. The van der Waals surface area contributed by atoms with Crippen molar-refractivity contribution in [2.24, 2.45) is 5.73 Å². The van der Waals surface area contributed by atoms with Gasteiger partial charge in [0.05, 0.1) is 0 Å². The maximum Gasteiger partial charge on any atom is 0.332 e. The highest BCUT2D eigenvalue weighted by atomic mass is 16.6. The van der Waals surface area contributed by atoms with Gasteiger partial charge in [0, 0.05) is 6.42 Å². The van der Waals surface area contributed by atoms with E-state index in [0.717, 1.165) is 24.2 Å². The van der Waals surface area contributed by atoms with Crippen LogP contribution >= 0.6 is 0 Å². The van der Waals surface area contributed by atoms with E-state index in [1.54, 1.807) is 0 Å². The summed E-state index contributed by atoms with van der Waals surface area (Å²) < 4.78 is 5.03. The molecule has 0 fully saturated rings. The molecule has 7 nitrogen and oxygen atoms in total. The van der Waals surface area contributed by atoms with Crippen molar-refractivity contribution in [3.8, 4) is 0 Å². The van der Waals surface area contributed by atoms with Crippen LogP contribution in [0, 0.1) is 0 Å². The summed E-state index contributed by atoms with van der Waals surface area (Å²) in [7, 11) is 0. The molecule has 7 heteroatoms. The number of hydrogen-bond donors (Lipinski definition) is 3. The first kappa shape index (κ1) is 30.0. The van der Waals surface area contributed by atoms with Crippen LogP contribution in [-0.2, 0) is 14.3 Å². The fraction of sp³-hybridized carbons (Fsp3) is 0.917. The maximum absolute atomic E-state index is 12.1. The van der Waals surface area contributed by atoms with Crippen LogP contribution < -0.4 is 5.73 Å². The summed E-state index contributed by atoms with van der Waals surface area (Å²) in [5, 5.41) is 18.1. The first-order chi connectivity index (χ1) is 15.0. The molecule has 0 aliphatic carbocycles. The highest BCUT2D eigenvalue weighted by Gasteiger charge is 2.26. The Morgan fingerprint density at radius 3 is 1.55 bits per heavy atom. The third-order valence-electron chi connectivity index (χ3n) is 5.79. The van der Waals surface area contributed by atoms with Crippen LogP contribution in [-0.4, -0.2) is 52.6 Å². The average molecular weight is 445 g/mol. The number of carbonyl (C=O) groups is 2. The van der Waals surface area contributed by atoms with Crippen LogP contribution in [0.2, 0.25) is 0 Å². The molecule has 0 spiro atoms. The Labute approximate surface area is 189 Å². The Kier molecular flexibility index (Phi) is 20.2. The van der Waals surface area contributed by atoms with E-state index in [1.165, 1.54) is 84.0 Å². The predicted octanol–water partition coefficient (Wildman–Crippen LogP) is 4.24. The number of rotatable bonds is 22. The number of ether oxygens (including phenoxy) is 1. The average Bonchev–Trinajstić information content (AvgIpc) is 2.76. The minimum atomic E-state index is -1.31. The molecule has 0 radical (unpaired) electrons. The Balaban J connectivity index is 3.59. The number of aliphatic hydroxyl groups is 2. The lowest BCUT2D eigenvalue weighted by molar-refractivity contribution is -0.168. The molecule has 31 heavy (non-hydrogen) atoms. The van der Waals surface area contributed by atoms with Crippen molar-refractivity contribution in [2.75, 3.05) is 13.5 Å². The number of hydrogen-bond acceptors (Lipinski definition) is 7. The molecule has 0 aliphatic rings. The van der Waals surface area contributed by atoms with Gasteiger partial charge in [-0.3, -0.25) is 4.79 Å². The number of ketones is 1. The first-order valence-electron chi connectivity index (χ1n) is 12.4. The van der Waals surface area contributed by atoms with Crippen molar-refractivity contribution >= 4 is 11.8 Å². The minimum Gasteiger partial charge on any atom is -0.445 e. The molecule has 0 amide bonds. The summed E-state index contributed by atoms with van der Waals surface area (Å²) >= 11 is 0. The molecular weight excluding hydrogens is 396 g/mol. The van der Waals surface area contributed by atoms with Gasteiger partial charge in [0.1, 0.15) is 13.5 Å². The molecule has 0 rings (SSSR count). The van der Waals surface area contributed by atoms with Crippen LogP contribution in [0.3, 0.4) is 0 Å². The first-order valence-corrected chi connectivity index (χ1v) is 12.4. The number of nitrogens with zero attached hydrogens (tertiary/aromatic N) is 1. The molecule has 4 N–H and O–H groups in total. The second kappa shape index (κ2) is 20.9. The fourth-order valence-electron chi connectivity index (χ4n) is 3.55. The molecule has 0 heterocycles. The van der Waals surface area contributed by atoms with E-state index in [9.17, 15) is 9.59 Å². The van der Waals surface area contributed by atoms with Crippen LogP contribution in [0.25, 0.3) is 0 Å². The Bertz CT molecular complexity index is 444. The molecule has 0 aromatic heterocycles. The quantitative estimate of drug-likeness (QED) is 0.0990. The Morgan fingerprint density at radius 2 is 1.16 bits per heavy atom. The zero-order valence-electron chi connectivity index (χ0n) is 20.0. The van der Waals surface area contributed by atoms with Gasteiger partial charge in [-0.15, -0.1) is 0 Å². The summed E-state index contributed by atoms with van der Waals surface area (Å²) in [4.78, 5) is 25.1. The molecule has 0 saturated heterocycles. The van der Waals surface area contributed by atoms with Gasteiger partial charge in [0.15, 0.2) is 18.1 Å². The van der Waals surface area contributed by atoms with Crippen LogP contribution in [0.15, 0.2) is 0 Å². The van der Waals surface area contributed by atoms with Crippen molar-refractivity contribution in [1.29, 1.82) is 0 Å². The van der Waals surface area contributed by atoms with E-state index in [1.807, 2.05) is 0 Å². The maximum atomic E-state index is 12.1. The van der Waals surface area contributed by atoms with E-state index in [2.05, 4.69) is 6.92 Å². The zero-order chi connectivity index (χ0) is 23.3. The van der Waals surface area contributed by atoms with Gasteiger partial charge >= 0.3 is 5.97 Å². The normalized spacial score (nSPS) is 13.4. The van der Waals surface area contributed by atoms with Gasteiger partial charge in [0.2, 0.25) is 0 Å². The monoisotopic (exact) mass is 444 g/mol. The standard InChI is InChI=1S/C24H48N2O5/c1-3-4-5-6-7-8-9-10-11-12-13-14-15-16-17-18-22(29)23(25)24(30)31-21(2)26(19-27)20-28/h21,23,27-28H,3-20,25H2,1-2H3. The highest BCUT2D eigenvalue weighted by Crippen LogP contribution is 2.14. The van der Waals surface area contributed by atoms with Gasteiger partial charge in [-0.2, -0.15) is 0 Å². The summed E-state index contributed by atoms with van der Waals surface area (Å²) in [5.41, 5.74) is 5.69. The topological polar surface area (TPSA) is 113 Å². The summed E-state index contributed by atoms with van der Waals surface area (Å²) in [5.74, 6) is -1.16. The highest BCUT2D eigenvalue weighted by molar-refractivity contribution is 6.02. The Morgan fingerprint density at radius 1 is 0.774 bits per heavy atom. The Hall–Kier alpha value is -1.02. The number of unbranched alkanes of at least 4 members (excludes halogenated alkanes) is 14. The molecule has 2 unspecified atom stereocenters. The van der Waals surface area contributed by atoms with Gasteiger partial charge in [-0.05, 0) is 13.3 Å². The minimum absolute atomic E-state index is 0.270. The second-order valence-electron chi connectivity index (χ2n) is 8.55. The summed E-state index contributed by atoms with van der Waals surface area (Å²) in [6.07, 6.45) is 18.2. The van der Waals surface area contributed by atoms with E-state index in [4.69, 9.17) is 20.7 Å². The fourth-order valence-corrected chi connectivity index (χ4v) is 3.55. The number of esters is 1. The van der Waals surface area contributed by atoms with Crippen molar-refractivity contribution in [3.63, 3.8) is 0 Å². The number of Topliss-reactive ketones (excluding diaryl/α,β-unsaturated/α-hetero) is 1. The molecule has 0 saturated carbocycles. The number of carbonyl (C=O) groups excluding carboxylic acids is 2. The van der Waals surface area contributed by atoms with Crippen molar-refractivity contribution in [1.82, 2.24) is 4.90 Å². The molecule has 0 aliphatic heterocycles. The SMILES string of the molecule is CCCCCCCCCCCCCCCCCC(=O)C(N)C(=O)OC(C)N(CO)CO. The lowest BCUT2D eigenvalue weighted by Gasteiger charge is -2.25. The smallest absolute Gasteiger partial charge is 0.332 e. The lowest BCUT2D eigenvalue weighted by Crippen LogP contribution is -2.45. The van der Waals surface area contributed by atoms with Crippen LogP contribution in [0.5, 0.6) is 0 Å². The molecule has 0 bridgehead atoms. The van der Waals surface area contributed by atoms with E-state index < -0.39 is 31.7 Å². The third-order valence-corrected chi connectivity index (χ3v) is 5.79. The molecule has 2 atom stereocenters. The van der Waals surface area contributed by atoms with E-state index >= 15 is 0 Å². The largest absolute Gasteiger partial charge is 0.445 e. The van der Waals surface area contributed by atoms with Gasteiger partial charge in [0.25, 0.3) is 0 Å². The predicted molar refractivity (Wildman–Crippen MR) is 124 cm³/mol. The van der Waals surface area contributed by atoms with Crippen LogP contribution in [0.1, 0.15) is 117 Å². The molecule has 0 aromatic rings. The molecular formula is C24H48N2O5. The second-order valence-corrected chi connectivity index (χ2v) is 8.55. The number of aliphatic hydroxyl groups excluding tert-OH is 2. The van der Waals surface area contributed by atoms with Crippen LogP contribution in [0.4, 0.5) is 0 Å². The van der Waals surface area contributed by atoms with Crippen molar-refractivity contribution < 1.29 is 24.5 Å². The van der Waals surface area contributed by atoms with E-state index in [-0.39, 0.29) is 12.2 Å². The van der Waals surface area contributed by atoms with Crippen molar-refractivity contribution in [3.05, 3.63) is 0 Å². The van der Waals surface area contributed by atoms with Gasteiger partial charge in [-0.25, -0.2) is 9.69 Å². The van der Waals surface area contributed by atoms with E-state index in [0.29, 0.717) is 0 Å². The molecule has 184 valence electrons. The van der Waals surface area contributed by atoms with Gasteiger partial charge < -0.3 is 20.7 Å².